The third kappa shape index (κ3) is 3.59. The highest BCUT2D eigenvalue weighted by Crippen LogP contribution is 2.22. The summed E-state index contributed by atoms with van der Waals surface area (Å²) < 4.78 is 32.5. The van der Waals surface area contributed by atoms with E-state index in [1.165, 1.54) is 6.07 Å². The third-order valence-corrected chi connectivity index (χ3v) is 4.68. The summed E-state index contributed by atoms with van der Waals surface area (Å²) in [5.74, 6) is 0.659. The van der Waals surface area contributed by atoms with E-state index in [1.807, 2.05) is 6.07 Å². The molecule has 0 bridgehead atoms. The van der Waals surface area contributed by atoms with Crippen LogP contribution in [0.4, 0.5) is 0 Å². The van der Waals surface area contributed by atoms with Gasteiger partial charge in [0.05, 0.1) is 23.7 Å². The summed E-state index contributed by atoms with van der Waals surface area (Å²) in [6.45, 7) is 3.57. The van der Waals surface area contributed by atoms with Crippen LogP contribution in [0.25, 0.3) is 0 Å². The molecule has 0 spiro atoms. The van der Waals surface area contributed by atoms with Crippen molar-refractivity contribution in [3.63, 3.8) is 0 Å². The molecule has 0 amide bonds. The lowest BCUT2D eigenvalue weighted by Crippen LogP contribution is -2.27. The summed E-state index contributed by atoms with van der Waals surface area (Å²) in [6.07, 6.45) is 1.64. The van der Waals surface area contributed by atoms with Crippen molar-refractivity contribution in [2.75, 3.05) is 7.11 Å². The second-order valence-corrected chi connectivity index (χ2v) is 6.44. The van der Waals surface area contributed by atoms with Gasteiger partial charge in [-0.3, -0.25) is 4.98 Å². The van der Waals surface area contributed by atoms with Crippen LogP contribution in [0.2, 0.25) is 0 Å². The van der Waals surface area contributed by atoms with Crippen molar-refractivity contribution in [2.45, 2.75) is 24.8 Å². The topological polar surface area (TPSA) is 68.3 Å². The second kappa shape index (κ2) is 6.24. The van der Waals surface area contributed by atoms with Gasteiger partial charge < -0.3 is 4.74 Å². The Morgan fingerprint density at radius 2 is 2.00 bits per heavy atom. The van der Waals surface area contributed by atoms with Crippen molar-refractivity contribution < 1.29 is 13.2 Å². The zero-order chi connectivity index (χ0) is 15.5. The summed E-state index contributed by atoms with van der Waals surface area (Å²) in [6, 6.07) is 9.76. The molecule has 6 heteroatoms. The Kier molecular flexibility index (Phi) is 4.59. The monoisotopic (exact) mass is 306 g/mol. The average molecular weight is 306 g/mol. The fourth-order valence-corrected chi connectivity index (χ4v) is 3.31. The maximum Gasteiger partial charge on any atom is 0.241 e. The van der Waals surface area contributed by atoms with Gasteiger partial charge in [-0.1, -0.05) is 6.07 Å². The lowest BCUT2D eigenvalue weighted by Gasteiger charge is -2.14. The highest BCUT2D eigenvalue weighted by molar-refractivity contribution is 7.89. The Balaban J connectivity index is 2.24. The fraction of sp³-hybridized carbons (Fsp3) is 0.267. The molecule has 1 atom stereocenters. The minimum absolute atomic E-state index is 0.212. The van der Waals surface area contributed by atoms with E-state index in [2.05, 4.69) is 9.71 Å². The summed E-state index contributed by atoms with van der Waals surface area (Å²) >= 11 is 0. The number of benzene rings is 1. The molecule has 1 N–H and O–H groups in total. The lowest BCUT2D eigenvalue weighted by molar-refractivity contribution is 0.411. The number of nitrogens with zero attached hydrogens (tertiary/aromatic N) is 1. The van der Waals surface area contributed by atoms with E-state index in [0.29, 0.717) is 11.4 Å². The predicted molar refractivity (Wildman–Crippen MR) is 80.7 cm³/mol. The molecule has 0 saturated carbocycles. The smallest absolute Gasteiger partial charge is 0.241 e. The van der Waals surface area contributed by atoms with E-state index >= 15 is 0 Å². The van der Waals surface area contributed by atoms with Gasteiger partial charge in [-0.15, -0.1) is 0 Å². The molecule has 0 aliphatic heterocycles. The molecule has 1 aromatic carbocycles. The molecule has 21 heavy (non-hydrogen) atoms. The molecule has 2 rings (SSSR count). The van der Waals surface area contributed by atoms with Crippen molar-refractivity contribution in [3.05, 3.63) is 53.9 Å². The van der Waals surface area contributed by atoms with E-state index in [4.69, 9.17) is 4.74 Å². The minimum Gasteiger partial charge on any atom is -0.496 e. The van der Waals surface area contributed by atoms with Gasteiger partial charge in [-0.05, 0) is 49.7 Å². The van der Waals surface area contributed by atoms with Crippen molar-refractivity contribution in [1.29, 1.82) is 0 Å². The lowest BCUT2D eigenvalue weighted by atomic mass is 10.2. The average Bonchev–Trinajstić information content (AvgIpc) is 2.47. The molecule has 1 aromatic heterocycles. The molecule has 0 aliphatic rings. The normalized spacial score (nSPS) is 12.9. The predicted octanol–water partition coefficient (Wildman–Crippen LogP) is 2.44. The molecule has 1 heterocycles. The van der Waals surface area contributed by atoms with Gasteiger partial charge in [0.15, 0.2) is 0 Å². The number of rotatable bonds is 5. The number of hydrogen-bond acceptors (Lipinski definition) is 4. The maximum absolute atomic E-state index is 12.4. The van der Waals surface area contributed by atoms with Crippen LogP contribution in [-0.4, -0.2) is 20.5 Å². The Morgan fingerprint density at radius 1 is 1.24 bits per heavy atom. The first-order valence-electron chi connectivity index (χ1n) is 6.52. The molecule has 5 nitrogen and oxygen atoms in total. The van der Waals surface area contributed by atoms with Crippen LogP contribution in [0.3, 0.4) is 0 Å². The largest absolute Gasteiger partial charge is 0.496 e. The molecule has 0 saturated heterocycles. The highest BCUT2D eigenvalue weighted by Gasteiger charge is 2.19. The first-order valence-corrected chi connectivity index (χ1v) is 8.00. The molecular formula is C15H18N2O3S. The molecule has 1 unspecified atom stereocenters. The van der Waals surface area contributed by atoms with Crippen LogP contribution in [0.15, 0.2) is 47.5 Å². The van der Waals surface area contributed by atoms with Gasteiger partial charge in [-0.25, -0.2) is 13.1 Å². The maximum atomic E-state index is 12.4. The van der Waals surface area contributed by atoms with Crippen molar-refractivity contribution in [1.82, 2.24) is 9.71 Å². The minimum atomic E-state index is -3.60. The van der Waals surface area contributed by atoms with Crippen LogP contribution in [0.5, 0.6) is 5.75 Å². The zero-order valence-corrected chi connectivity index (χ0v) is 13.0. The van der Waals surface area contributed by atoms with E-state index in [0.717, 1.165) is 5.56 Å². The fourth-order valence-electron chi connectivity index (χ4n) is 2.01. The number of ether oxygens (including phenoxy) is 1. The molecule has 0 fully saturated rings. The van der Waals surface area contributed by atoms with Gasteiger partial charge in [0.1, 0.15) is 5.75 Å². The van der Waals surface area contributed by atoms with Gasteiger partial charge in [0.2, 0.25) is 10.0 Å². The molecule has 112 valence electrons. The SMILES string of the molecule is COc1ccc(S(=O)(=O)NC(C)c2ccccn2)cc1C. The Morgan fingerprint density at radius 3 is 2.57 bits per heavy atom. The van der Waals surface area contributed by atoms with Crippen molar-refractivity contribution in [3.8, 4) is 5.75 Å². The van der Waals surface area contributed by atoms with E-state index in [-0.39, 0.29) is 4.90 Å². The quantitative estimate of drug-likeness (QED) is 0.921. The van der Waals surface area contributed by atoms with Gasteiger partial charge in [-0.2, -0.15) is 0 Å². The standard InChI is InChI=1S/C15H18N2O3S/c1-11-10-13(7-8-15(11)20-3)21(18,19)17-12(2)14-6-4-5-9-16-14/h4-10,12,17H,1-3H3. The van der Waals surface area contributed by atoms with Crippen molar-refractivity contribution >= 4 is 10.0 Å². The number of aryl methyl sites for hydroxylation is 1. The van der Waals surface area contributed by atoms with Crippen molar-refractivity contribution in [2.24, 2.45) is 0 Å². The summed E-state index contributed by atoms with van der Waals surface area (Å²) in [7, 11) is -2.05. The molecule has 2 aromatic rings. The summed E-state index contributed by atoms with van der Waals surface area (Å²) in [4.78, 5) is 4.37. The Labute approximate surface area is 125 Å². The summed E-state index contributed by atoms with van der Waals surface area (Å²) in [5, 5.41) is 0. The molecular weight excluding hydrogens is 288 g/mol. The van der Waals surface area contributed by atoms with Crippen LogP contribution >= 0.6 is 0 Å². The number of pyridine rings is 1. The van der Waals surface area contributed by atoms with E-state index in [1.54, 1.807) is 51.4 Å². The van der Waals surface area contributed by atoms with Gasteiger partial charge in [0.25, 0.3) is 0 Å². The summed E-state index contributed by atoms with van der Waals surface area (Å²) in [5.41, 5.74) is 1.44. The number of methoxy groups -OCH3 is 1. The van der Waals surface area contributed by atoms with E-state index < -0.39 is 16.1 Å². The van der Waals surface area contributed by atoms with Crippen LogP contribution in [-0.2, 0) is 10.0 Å². The molecule has 0 aliphatic carbocycles. The second-order valence-electron chi connectivity index (χ2n) is 4.73. The van der Waals surface area contributed by atoms with Gasteiger partial charge in [0, 0.05) is 6.20 Å². The highest BCUT2D eigenvalue weighted by atomic mass is 32.2. The zero-order valence-electron chi connectivity index (χ0n) is 12.2. The number of sulfonamides is 1. The third-order valence-electron chi connectivity index (χ3n) is 3.14. The van der Waals surface area contributed by atoms with Crippen LogP contribution in [0, 0.1) is 6.92 Å². The number of aromatic nitrogens is 1. The van der Waals surface area contributed by atoms with E-state index in [9.17, 15) is 8.42 Å². The Hall–Kier alpha value is -1.92. The molecule has 0 radical (unpaired) electrons. The number of nitrogens with one attached hydrogen (secondary N) is 1. The first kappa shape index (κ1) is 15.5. The van der Waals surface area contributed by atoms with Gasteiger partial charge >= 0.3 is 0 Å². The van der Waals surface area contributed by atoms with Crippen LogP contribution in [0.1, 0.15) is 24.2 Å². The first-order chi connectivity index (χ1) is 9.94. The number of hydrogen-bond donors (Lipinski definition) is 1. The Bertz CT molecular complexity index is 715. The van der Waals surface area contributed by atoms with Crippen LogP contribution < -0.4 is 9.46 Å².